The van der Waals surface area contributed by atoms with Crippen LogP contribution in [0, 0.1) is 23.0 Å². The topological polar surface area (TPSA) is 33.0 Å². The predicted octanol–water partition coefficient (Wildman–Crippen LogP) is 2.60. The van der Waals surface area contributed by atoms with Gasteiger partial charge < -0.3 is 4.74 Å². The number of ether oxygens (including phenoxy) is 1. The Morgan fingerprint density at radius 2 is 1.86 bits per heavy atom. The number of nitrogens with zero attached hydrogens (tertiary/aromatic N) is 1. The number of hydrogen-bond donors (Lipinski definition) is 0. The molecule has 0 saturated heterocycles. The average Bonchev–Trinajstić information content (AvgIpc) is 2.16. The molecule has 1 aromatic carbocycles. The first-order valence-electron chi connectivity index (χ1n) is 4.02. The Balaban J connectivity index is 3.22. The van der Waals surface area contributed by atoms with Crippen molar-refractivity contribution in [2.45, 2.75) is 12.8 Å². The van der Waals surface area contributed by atoms with Gasteiger partial charge in [0.1, 0.15) is 0 Å². The van der Waals surface area contributed by atoms with Crippen molar-refractivity contribution in [2.75, 3.05) is 7.11 Å². The monoisotopic (exact) mass is 197 g/mol. The van der Waals surface area contributed by atoms with Crippen molar-refractivity contribution >= 4 is 0 Å². The van der Waals surface area contributed by atoms with Gasteiger partial charge in [-0.1, -0.05) is 0 Å². The maximum atomic E-state index is 13.1. The fraction of sp³-hybridized carbons (Fsp3) is 0.300. The van der Waals surface area contributed by atoms with Gasteiger partial charge in [0.05, 0.1) is 19.1 Å². The second kappa shape index (κ2) is 4.05. The normalized spacial score (nSPS) is 11.9. The zero-order valence-electron chi connectivity index (χ0n) is 7.84. The standard InChI is InChI=1S/C10H9F2NO/c1-6(5-13)7-3-8(11)10(14-2)9(12)4-7/h3-4,6H,1-2H3. The quantitative estimate of drug-likeness (QED) is 0.730. The minimum atomic E-state index is -0.787. The zero-order chi connectivity index (χ0) is 10.7. The maximum absolute atomic E-state index is 13.1. The molecule has 1 atom stereocenters. The number of methoxy groups -OCH3 is 1. The Morgan fingerprint density at radius 1 is 1.36 bits per heavy atom. The van der Waals surface area contributed by atoms with Crippen LogP contribution < -0.4 is 4.74 Å². The van der Waals surface area contributed by atoms with E-state index in [1.54, 1.807) is 6.92 Å². The van der Waals surface area contributed by atoms with Crippen molar-refractivity contribution in [3.8, 4) is 11.8 Å². The van der Waals surface area contributed by atoms with E-state index in [0.29, 0.717) is 5.56 Å². The van der Waals surface area contributed by atoms with Crippen LogP contribution in [-0.4, -0.2) is 7.11 Å². The molecule has 0 aliphatic heterocycles. The van der Waals surface area contributed by atoms with Crippen molar-refractivity contribution in [3.63, 3.8) is 0 Å². The van der Waals surface area contributed by atoms with E-state index in [-0.39, 0.29) is 0 Å². The van der Waals surface area contributed by atoms with E-state index in [0.717, 1.165) is 12.1 Å². The Hall–Kier alpha value is -1.63. The highest BCUT2D eigenvalue weighted by molar-refractivity contribution is 5.34. The average molecular weight is 197 g/mol. The molecule has 0 spiro atoms. The molecule has 1 aromatic rings. The van der Waals surface area contributed by atoms with Gasteiger partial charge >= 0.3 is 0 Å². The summed E-state index contributed by atoms with van der Waals surface area (Å²) in [6, 6.07) is 4.11. The smallest absolute Gasteiger partial charge is 0.190 e. The summed E-state index contributed by atoms with van der Waals surface area (Å²) in [5, 5.41) is 8.57. The lowest BCUT2D eigenvalue weighted by Crippen LogP contribution is -1.97. The van der Waals surface area contributed by atoms with Gasteiger partial charge in [0.2, 0.25) is 0 Å². The number of rotatable bonds is 2. The maximum Gasteiger partial charge on any atom is 0.190 e. The third-order valence-corrected chi connectivity index (χ3v) is 1.92. The van der Waals surface area contributed by atoms with Gasteiger partial charge in [0, 0.05) is 0 Å². The van der Waals surface area contributed by atoms with Gasteiger partial charge in [0.25, 0.3) is 0 Å². The summed E-state index contributed by atoms with van der Waals surface area (Å²) < 4.78 is 30.8. The molecule has 1 unspecified atom stereocenters. The fourth-order valence-corrected chi connectivity index (χ4v) is 1.10. The Kier molecular flexibility index (Phi) is 3.03. The highest BCUT2D eigenvalue weighted by Crippen LogP contribution is 2.26. The molecule has 1 rings (SSSR count). The van der Waals surface area contributed by atoms with E-state index >= 15 is 0 Å². The molecule has 0 fully saturated rings. The number of halogens is 2. The largest absolute Gasteiger partial charge is 0.491 e. The molecule has 0 aliphatic carbocycles. The molecule has 0 radical (unpaired) electrons. The van der Waals surface area contributed by atoms with Crippen LogP contribution in [0.3, 0.4) is 0 Å². The van der Waals surface area contributed by atoms with Crippen molar-refractivity contribution in [1.29, 1.82) is 5.26 Å². The van der Waals surface area contributed by atoms with Crippen LogP contribution >= 0.6 is 0 Å². The first-order chi connectivity index (χ1) is 6.60. The second-order valence-corrected chi connectivity index (χ2v) is 2.87. The van der Waals surface area contributed by atoms with Crippen LogP contribution in [0.5, 0.6) is 5.75 Å². The summed E-state index contributed by atoms with van der Waals surface area (Å²) in [5.41, 5.74) is 0.309. The van der Waals surface area contributed by atoms with Crippen molar-refractivity contribution in [1.82, 2.24) is 0 Å². The summed E-state index contributed by atoms with van der Waals surface area (Å²) in [6.45, 7) is 1.57. The molecular formula is C10H9F2NO. The molecule has 0 aromatic heterocycles. The molecule has 0 saturated carbocycles. The van der Waals surface area contributed by atoms with Crippen LogP contribution in [-0.2, 0) is 0 Å². The van der Waals surface area contributed by atoms with Gasteiger partial charge in [-0.15, -0.1) is 0 Å². The van der Waals surface area contributed by atoms with E-state index in [1.165, 1.54) is 7.11 Å². The van der Waals surface area contributed by atoms with Gasteiger partial charge in [-0.3, -0.25) is 0 Å². The van der Waals surface area contributed by atoms with Crippen LogP contribution in [0.15, 0.2) is 12.1 Å². The van der Waals surface area contributed by atoms with Crippen LogP contribution in [0.25, 0.3) is 0 Å². The van der Waals surface area contributed by atoms with Crippen molar-refractivity contribution in [3.05, 3.63) is 29.3 Å². The van der Waals surface area contributed by atoms with Gasteiger partial charge in [-0.05, 0) is 24.6 Å². The SMILES string of the molecule is COc1c(F)cc(C(C)C#N)cc1F. The number of benzene rings is 1. The molecule has 0 bridgehead atoms. The number of nitriles is 1. The first kappa shape index (κ1) is 10.5. The Labute approximate surface area is 80.7 Å². The fourth-order valence-electron chi connectivity index (χ4n) is 1.10. The lowest BCUT2D eigenvalue weighted by atomic mass is 10.0. The molecule has 4 heteroatoms. The second-order valence-electron chi connectivity index (χ2n) is 2.87. The third kappa shape index (κ3) is 1.82. The molecule has 0 N–H and O–H groups in total. The molecule has 0 aliphatic rings. The van der Waals surface area contributed by atoms with E-state index in [1.807, 2.05) is 6.07 Å². The van der Waals surface area contributed by atoms with Gasteiger partial charge in [-0.2, -0.15) is 5.26 Å². The van der Waals surface area contributed by atoms with E-state index in [4.69, 9.17) is 5.26 Å². The first-order valence-corrected chi connectivity index (χ1v) is 4.02. The van der Waals surface area contributed by atoms with Crippen LogP contribution in [0.1, 0.15) is 18.4 Å². The van der Waals surface area contributed by atoms with E-state index in [2.05, 4.69) is 4.74 Å². The molecule has 2 nitrogen and oxygen atoms in total. The van der Waals surface area contributed by atoms with Crippen molar-refractivity contribution in [2.24, 2.45) is 0 Å². The van der Waals surface area contributed by atoms with E-state index < -0.39 is 23.3 Å². The Bertz CT molecular complexity index is 361. The van der Waals surface area contributed by atoms with Gasteiger partial charge in [-0.25, -0.2) is 8.78 Å². The minimum absolute atomic E-state index is 0.309. The number of hydrogen-bond acceptors (Lipinski definition) is 2. The van der Waals surface area contributed by atoms with Gasteiger partial charge in [0.15, 0.2) is 17.4 Å². The highest BCUT2D eigenvalue weighted by atomic mass is 19.1. The molecule has 14 heavy (non-hydrogen) atoms. The lowest BCUT2D eigenvalue weighted by Gasteiger charge is -2.07. The zero-order valence-corrected chi connectivity index (χ0v) is 7.84. The molecule has 0 heterocycles. The Morgan fingerprint density at radius 3 is 2.21 bits per heavy atom. The third-order valence-electron chi connectivity index (χ3n) is 1.92. The molecular weight excluding hydrogens is 188 g/mol. The minimum Gasteiger partial charge on any atom is -0.491 e. The van der Waals surface area contributed by atoms with E-state index in [9.17, 15) is 8.78 Å². The van der Waals surface area contributed by atoms with Crippen molar-refractivity contribution < 1.29 is 13.5 Å². The lowest BCUT2D eigenvalue weighted by molar-refractivity contribution is 0.359. The summed E-state index contributed by atoms with van der Waals surface area (Å²) in [4.78, 5) is 0. The molecule has 0 amide bonds. The predicted molar refractivity (Wildman–Crippen MR) is 46.9 cm³/mol. The summed E-state index contributed by atoms with van der Waals surface area (Å²) in [6.07, 6.45) is 0. The van der Waals surface area contributed by atoms with Crippen LogP contribution in [0.4, 0.5) is 8.78 Å². The molecule has 74 valence electrons. The summed E-state index contributed by atoms with van der Waals surface area (Å²) >= 11 is 0. The summed E-state index contributed by atoms with van der Waals surface area (Å²) in [7, 11) is 1.19. The highest BCUT2D eigenvalue weighted by Gasteiger charge is 2.14. The van der Waals surface area contributed by atoms with Crippen LogP contribution in [0.2, 0.25) is 0 Å². The summed E-state index contributed by atoms with van der Waals surface area (Å²) in [5.74, 6) is -2.53.